The van der Waals surface area contributed by atoms with Crippen molar-refractivity contribution in [2.75, 3.05) is 6.61 Å². The highest BCUT2D eigenvalue weighted by molar-refractivity contribution is 5.92. The van der Waals surface area contributed by atoms with Crippen molar-refractivity contribution in [2.45, 2.75) is 26.5 Å². The van der Waals surface area contributed by atoms with Crippen molar-refractivity contribution in [1.29, 1.82) is 0 Å². The average Bonchev–Trinajstić information content (AvgIpc) is 2.88. The summed E-state index contributed by atoms with van der Waals surface area (Å²) in [7, 11) is 0. The quantitative estimate of drug-likeness (QED) is 0.876. The maximum Gasteiger partial charge on any atom is 0.248 e. The fourth-order valence-corrected chi connectivity index (χ4v) is 2.11. The minimum Gasteiger partial charge on any atom is -0.371 e. The van der Waals surface area contributed by atoms with Crippen molar-refractivity contribution in [3.63, 3.8) is 0 Å². The second kappa shape index (κ2) is 6.34. The molecule has 0 aliphatic heterocycles. The van der Waals surface area contributed by atoms with E-state index in [0.29, 0.717) is 18.7 Å². The molecule has 2 aromatic rings. The number of rotatable bonds is 6. The predicted octanol–water partition coefficient (Wildman–Crippen LogP) is 2.13. The number of hydrogen-bond donors (Lipinski definition) is 1. The Kier molecular flexibility index (Phi) is 4.53. The molecule has 0 aliphatic carbocycles. The third-order valence-corrected chi connectivity index (χ3v) is 3.12. The van der Waals surface area contributed by atoms with Crippen LogP contribution in [0, 0.1) is 0 Å². The molecule has 0 bridgehead atoms. The number of aromatic nitrogens is 2. The number of nitrogens with two attached hydrogens (primary N) is 1. The van der Waals surface area contributed by atoms with Crippen LogP contribution in [0.1, 0.15) is 41.7 Å². The van der Waals surface area contributed by atoms with Crippen LogP contribution >= 0.6 is 0 Å². The van der Waals surface area contributed by atoms with Gasteiger partial charge >= 0.3 is 0 Å². The molecular weight excluding hydrogens is 254 g/mol. The van der Waals surface area contributed by atoms with Crippen molar-refractivity contribution >= 4 is 5.91 Å². The molecule has 0 spiro atoms. The molecule has 5 nitrogen and oxygen atoms in total. The lowest BCUT2D eigenvalue weighted by Gasteiger charge is -2.14. The molecule has 1 amide bonds. The van der Waals surface area contributed by atoms with Crippen LogP contribution in [-0.2, 0) is 11.3 Å². The molecule has 1 aromatic heterocycles. The van der Waals surface area contributed by atoms with E-state index in [1.54, 1.807) is 18.3 Å². The molecule has 1 atom stereocenters. The van der Waals surface area contributed by atoms with E-state index < -0.39 is 5.91 Å². The van der Waals surface area contributed by atoms with E-state index >= 15 is 0 Å². The fraction of sp³-hybridized carbons (Fsp3) is 0.333. The minimum atomic E-state index is -0.412. The molecule has 0 saturated heterocycles. The number of carbonyl (C=O) groups excluding carboxylic acids is 1. The first-order valence-corrected chi connectivity index (χ1v) is 6.63. The zero-order valence-corrected chi connectivity index (χ0v) is 11.7. The molecule has 20 heavy (non-hydrogen) atoms. The van der Waals surface area contributed by atoms with Crippen LogP contribution in [0.15, 0.2) is 36.7 Å². The van der Waals surface area contributed by atoms with Gasteiger partial charge in [-0.25, -0.2) is 4.98 Å². The number of ether oxygens (including phenoxy) is 1. The van der Waals surface area contributed by atoms with Gasteiger partial charge in [-0.2, -0.15) is 0 Å². The summed E-state index contributed by atoms with van der Waals surface area (Å²) in [4.78, 5) is 15.4. The van der Waals surface area contributed by atoms with Crippen LogP contribution in [0.25, 0.3) is 0 Å². The average molecular weight is 273 g/mol. The maximum absolute atomic E-state index is 11.0. The highest BCUT2D eigenvalue weighted by atomic mass is 16.5. The predicted molar refractivity (Wildman–Crippen MR) is 76.3 cm³/mol. The summed E-state index contributed by atoms with van der Waals surface area (Å²) < 4.78 is 7.61. The normalized spacial score (nSPS) is 12.3. The molecule has 0 radical (unpaired) electrons. The molecule has 2 rings (SSSR count). The second-order valence-electron chi connectivity index (χ2n) is 4.57. The summed E-state index contributed by atoms with van der Waals surface area (Å²) in [6.45, 7) is 5.29. The standard InChI is InChI=1S/C15H19N3O2/c1-3-20-11(2)15-17-8-9-18(15)10-12-4-6-13(7-5-12)14(16)19/h4-9,11H,3,10H2,1-2H3,(H2,16,19)/t11-/m0/s1. The zero-order chi connectivity index (χ0) is 14.5. The first-order valence-electron chi connectivity index (χ1n) is 6.63. The van der Waals surface area contributed by atoms with Gasteiger partial charge in [0.2, 0.25) is 5.91 Å². The topological polar surface area (TPSA) is 70.1 Å². The highest BCUT2D eigenvalue weighted by Crippen LogP contribution is 2.16. The Morgan fingerprint density at radius 2 is 2.10 bits per heavy atom. The van der Waals surface area contributed by atoms with Crippen molar-refractivity contribution in [2.24, 2.45) is 5.73 Å². The zero-order valence-electron chi connectivity index (χ0n) is 11.7. The molecule has 1 heterocycles. The molecule has 1 aromatic carbocycles. The van der Waals surface area contributed by atoms with E-state index in [-0.39, 0.29) is 6.10 Å². The third-order valence-electron chi connectivity index (χ3n) is 3.12. The van der Waals surface area contributed by atoms with E-state index in [1.165, 1.54) is 0 Å². The summed E-state index contributed by atoms with van der Waals surface area (Å²) in [5, 5.41) is 0. The summed E-state index contributed by atoms with van der Waals surface area (Å²) in [6.07, 6.45) is 3.65. The summed E-state index contributed by atoms with van der Waals surface area (Å²) >= 11 is 0. The van der Waals surface area contributed by atoms with Gasteiger partial charge in [0.25, 0.3) is 0 Å². The van der Waals surface area contributed by atoms with Gasteiger partial charge in [-0.05, 0) is 31.5 Å². The second-order valence-corrected chi connectivity index (χ2v) is 4.57. The minimum absolute atomic E-state index is 0.0418. The first-order chi connectivity index (χ1) is 9.61. The van der Waals surface area contributed by atoms with Crippen LogP contribution in [0.5, 0.6) is 0 Å². The van der Waals surface area contributed by atoms with Crippen LogP contribution in [0.4, 0.5) is 0 Å². The molecule has 0 saturated carbocycles. The highest BCUT2D eigenvalue weighted by Gasteiger charge is 2.12. The van der Waals surface area contributed by atoms with Crippen LogP contribution in [0.2, 0.25) is 0 Å². The number of imidazole rings is 1. The fourth-order valence-electron chi connectivity index (χ4n) is 2.11. The van der Waals surface area contributed by atoms with Crippen molar-refractivity contribution in [1.82, 2.24) is 9.55 Å². The summed E-state index contributed by atoms with van der Waals surface area (Å²) in [5.74, 6) is 0.482. The summed E-state index contributed by atoms with van der Waals surface area (Å²) in [6, 6.07) is 7.27. The number of carbonyl (C=O) groups is 1. The largest absolute Gasteiger partial charge is 0.371 e. The number of hydrogen-bond acceptors (Lipinski definition) is 3. The summed E-state index contributed by atoms with van der Waals surface area (Å²) in [5.41, 5.74) is 6.82. The Hall–Kier alpha value is -2.14. The van der Waals surface area contributed by atoms with E-state index in [2.05, 4.69) is 4.98 Å². The lowest BCUT2D eigenvalue weighted by Crippen LogP contribution is -2.12. The Bertz CT molecular complexity index is 575. The molecule has 106 valence electrons. The molecule has 5 heteroatoms. The molecule has 0 unspecified atom stereocenters. The van der Waals surface area contributed by atoms with Crippen molar-refractivity contribution in [3.8, 4) is 0 Å². The third kappa shape index (κ3) is 3.24. The van der Waals surface area contributed by atoms with E-state index in [4.69, 9.17) is 10.5 Å². The molecule has 2 N–H and O–H groups in total. The smallest absolute Gasteiger partial charge is 0.248 e. The Morgan fingerprint density at radius 3 is 2.70 bits per heavy atom. The van der Waals surface area contributed by atoms with Crippen molar-refractivity contribution < 1.29 is 9.53 Å². The van der Waals surface area contributed by atoms with Gasteiger partial charge < -0.3 is 15.0 Å². The Labute approximate surface area is 118 Å². The van der Waals surface area contributed by atoms with E-state index in [0.717, 1.165) is 11.4 Å². The first kappa shape index (κ1) is 14.3. The maximum atomic E-state index is 11.0. The van der Waals surface area contributed by atoms with Crippen LogP contribution in [0.3, 0.4) is 0 Å². The lowest BCUT2D eigenvalue weighted by molar-refractivity contribution is 0.0677. The SMILES string of the molecule is CCO[C@@H](C)c1nccn1Cc1ccc(C(N)=O)cc1. The van der Waals surface area contributed by atoms with Crippen LogP contribution in [-0.4, -0.2) is 22.1 Å². The Morgan fingerprint density at radius 1 is 1.40 bits per heavy atom. The van der Waals surface area contributed by atoms with Gasteiger partial charge in [-0.3, -0.25) is 4.79 Å². The van der Waals surface area contributed by atoms with Gasteiger partial charge in [0.05, 0.1) is 0 Å². The number of nitrogens with zero attached hydrogens (tertiary/aromatic N) is 2. The molecule has 0 aliphatic rings. The van der Waals surface area contributed by atoms with Crippen LogP contribution < -0.4 is 5.73 Å². The number of primary amides is 1. The number of amides is 1. The van der Waals surface area contributed by atoms with E-state index in [1.807, 2.05) is 36.7 Å². The van der Waals surface area contributed by atoms with Crippen molar-refractivity contribution in [3.05, 3.63) is 53.6 Å². The molecular formula is C15H19N3O2. The molecule has 0 fully saturated rings. The Balaban J connectivity index is 2.14. The monoisotopic (exact) mass is 273 g/mol. The van der Waals surface area contributed by atoms with Gasteiger partial charge in [-0.1, -0.05) is 12.1 Å². The van der Waals surface area contributed by atoms with E-state index in [9.17, 15) is 4.79 Å². The van der Waals surface area contributed by atoms with Gasteiger partial charge in [0.15, 0.2) is 0 Å². The van der Waals surface area contributed by atoms with Gasteiger partial charge in [0.1, 0.15) is 11.9 Å². The van der Waals surface area contributed by atoms with Gasteiger partial charge in [0, 0.05) is 31.1 Å². The van der Waals surface area contributed by atoms with Gasteiger partial charge in [-0.15, -0.1) is 0 Å². The lowest BCUT2D eigenvalue weighted by atomic mass is 10.1. The number of benzene rings is 1.